The first-order valence-electron chi connectivity index (χ1n) is 7.45. The van der Waals surface area contributed by atoms with Crippen molar-refractivity contribution >= 4 is 15.7 Å². The van der Waals surface area contributed by atoms with Crippen LogP contribution in [0.3, 0.4) is 0 Å². The zero-order chi connectivity index (χ0) is 16.3. The summed E-state index contributed by atoms with van der Waals surface area (Å²) in [5, 5.41) is 0. The number of methoxy groups -OCH3 is 1. The highest BCUT2D eigenvalue weighted by molar-refractivity contribution is 7.92. The molecule has 2 aromatic carbocycles. The lowest BCUT2D eigenvalue weighted by Crippen LogP contribution is -2.29. The summed E-state index contributed by atoms with van der Waals surface area (Å²) in [6.45, 7) is 1.40. The molecule has 2 aromatic rings. The van der Waals surface area contributed by atoms with Gasteiger partial charge in [-0.05, 0) is 42.3 Å². The third kappa shape index (κ3) is 3.18. The number of fused-ring (bicyclic) bond motifs is 1. The van der Waals surface area contributed by atoms with Crippen LogP contribution in [0.1, 0.15) is 5.56 Å². The van der Waals surface area contributed by atoms with Gasteiger partial charge in [-0.15, -0.1) is 0 Å². The fourth-order valence-electron chi connectivity index (χ4n) is 2.64. The molecule has 0 spiro atoms. The van der Waals surface area contributed by atoms with Gasteiger partial charge < -0.3 is 9.47 Å². The van der Waals surface area contributed by atoms with Crippen LogP contribution in [0.15, 0.2) is 53.4 Å². The molecule has 0 aromatic heterocycles. The number of sulfonamides is 1. The Labute approximate surface area is 136 Å². The predicted octanol–water partition coefficient (Wildman–Crippen LogP) is 2.46. The molecule has 0 unspecified atom stereocenters. The normalized spacial score (nSPS) is 13.9. The Hall–Kier alpha value is -2.05. The molecule has 1 aliphatic rings. The minimum atomic E-state index is -3.54. The van der Waals surface area contributed by atoms with E-state index in [1.807, 2.05) is 24.3 Å². The van der Waals surface area contributed by atoms with Crippen molar-refractivity contribution in [2.24, 2.45) is 0 Å². The summed E-state index contributed by atoms with van der Waals surface area (Å²) in [4.78, 5) is 0.272. The third-order valence-corrected chi connectivity index (χ3v) is 5.64. The number of hydrogen-bond donors (Lipinski definition) is 0. The highest BCUT2D eigenvalue weighted by atomic mass is 32.2. The van der Waals surface area contributed by atoms with Crippen LogP contribution in [0.5, 0.6) is 5.75 Å². The fraction of sp³-hybridized carbons (Fsp3) is 0.294. The summed E-state index contributed by atoms with van der Waals surface area (Å²) in [6, 6.07) is 14.1. The first kappa shape index (κ1) is 15.8. The molecular weight excluding hydrogens is 314 g/mol. The fourth-order valence-corrected chi connectivity index (χ4v) is 4.14. The molecule has 0 bridgehead atoms. The minimum Gasteiger partial charge on any atom is -0.491 e. The van der Waals surface area contributed by atoms with E-state index in [1.165, 1.54) is 4.31 Å². The summed E-state index contributed by atoms with van der Waals surface area (Å²) < 4.78 is 37.5. The summed E-state index contributed by atoms with van der Waals surface area (Å²) in [5.41, 5.74) is 1.84. The average molecular weight is 333 g/mol. The zero-order valence-electron chi connectivity index (χ0n) is 12.9. The maximum absolute atomic E-state index is 12.8. The lowest BCUT2D eigenvalue weighted by Gasteiger charge is -2.19. The summed E-state index contributed by atoms with van der Waals surface area (Å²) in [5.74, 6) is 0.628. The SMILES string of the molecule is COCCOc1ccc(S(=O)(=O)N2CCc3ccccc32)cc1. The number of rotatable bonds is 6. The molecule has 1 aliphatic heterocycles. The van der Waals surface area contributed by atoms with Crippen LogP contribution in [0, 0.1) is 0 Å². The van der Waals surface area contributed by atoms with Crippen LogP contribution in [0.4, 0.5) is 5.69 Å². The molecule has 0 aliphatic carbocycles. The lowest BCUT2D eigenvalue weighted by atomic mass is 10.2. The molecule has 1 heterocycles. The van der Waals surface area contributed by atoms with E-state index in [0.717, 1.165) is 17.7 Å². The van der Waals surface area contributed by atoms with Crippen LogP contribution in [-0.2, 0) is 21.2 Å². The number of benzene rings is 2. The molecule has 0 N–H and O–H groups in total. The van der Waals surface area contributed by atoms with Gasteiger partial charge >= 0.3 is 0 Å². The molecule has 122 valence electrons. The van der Waals surface area contributed by atoms with Crippen molar-refractivity contribution in [3.05, 3.63) is 54.1 Å². The average Bonchev–Trinajstić information content (AvgIpc) is 3.00. The van der Waals surface area contributed by atoms with Gasteiger partial charge in [-0.3, -0.25) is 4.31 Å². The smallest absolute Gasteiger partial charge is 0.264 e. The van der Waals surface area contributed by atoms with E-state index >= 15 is 0 Å². The van der Waals surface area contributed by atoms with Crippen LogP contribution < -0.4 is 9.04 Å². The second kappa shape index (κ2) is 6.60. The molecule has 0 saturated carbocycles. The van der Waals surface area contributed by atoms with E-state index < -0.39 is 10.0 Å². The zero-order valence-corrected chi connectivity index (χ0v) is 13.8. The number of anilines is 1. The highest BCUT2D eigenvalue weighted by Gasteiger charge is 2.30. The van der Waals surface area contributed by atoms with E-state index in [-0.39, 0.29) is 4.90 Å². The Morgan fingerprint density at radius 1 is 1.04 bits per heavy atom. The van der Waals surface area contributed by atoms with Gasteiger partial charge in [-0.1, -0.05) is 18.2 Å². The third-order valence-electron chi connectivity index (χ3n) is 3.81. The molecule has 23 heavy (non-hydrogen) atoms. The Bertz CT molecular complexity index is 771. The molecule has 0 saturated heterocycles. The van der Waals surface area contributed by atoms with Gasteiger partial charge in [0.05, 0.1) is 17.2 Å². The van der Waals surface area contributed by atoms with Gasteiger partial charge in [0, 0.05) is 13.7 Å². The summed E-state index contributed by atoms with van der Waals surface area (Å²) >= 11 is 0. The molecule has 5 nitrogen and oxygen atoms in total. The molecule has 0 atom stereocenters. The molecular formula is C17H19NO4S. The number of ether oxygens (including phenoxy) is 2. The topological polar surface area (TPSA) is 55.8 Å². The Kier molecular flexibility index (Phi) is 4.54. The first-order chi connectivity index (χ1) is 11.1. The predicted molar refractivity (Wildman–Crippen MR) is 88.5 cm³/mol. The van der Waals surface area contributed by atoms with Crippen molar-refractivity contribution in [1.82, 2.24) is 0 Å². The first-order valence-corrected chi connectivity index (χ1v) is 8.89. The van der Waals surface area contributed by atoms with Gasteiger partial charge in [0.2, 0.25) is 0 Å². The van der Waals surface area contributed by atoms with E-state index in [1.54, 1.807) is 31.4 Å². The molecule has 0 radical (unpaired) electrons. The van der Waals surface area contributed by atoms with E-state index in [4.69, 9.17) is 9.47 Å². The molecule has 6 heteroatoms. The van der Waals surface area contributed by atoms with Crippen LogP contribution in [-0.4, -0.2) is 35.3 Å². The Balaban J connectivity index is 1.81. The summed E-state index contributed by atoms with van der Waals surface area (Å²) in [7, 11) is -1.94. The van der Waals surface area contributed by atoms with Crippen molar-refractivity contribution in [3.63, 3.8) is 0 Å². The van der Waals surface area contributed by atoms with Gasteiger partial charge in [-0.2, -0.15) is 0 Å². The van der Waals surface area contributed by atoms with E-state index in [9.17, 15) is 8.42 Å². The summed E-state index contributed by atoms with van der Waals surface area (Å²) in [6.07, 6.45) is 0.744. The van der Waals surface area contributed by atoms with Crippen LogP contribution >= 0.6 is 0 Å². The molecule has 0 amide bonds. The second-order valence-corrected chi connectivity index (χ2v) is 7.13. The largest absolute Gasteiger partial charge is 0.491 e. The van der Waals surface area contributed by atoms with Crippen LogP contribution in [0.2, 0.25) is 0 Å². The quantitative estimate of drug-likeness (QED) is 0.762. The number of nitrogens with zero attached hydrogens (tertiary/aromatic N) is 1. The molecule has 3 rings (SSSR count). The van der Waals surface area contributed by atoms with Crippen molar-refractivity contribution < 1.29 is 17.9 Å². The van der Waals surface area contributed by atoms with Crippen LogP contribution in [0.25, 0.3) is 0 Å². The molecule has 0 fully saturated rings. The van der Waals surface area contributed by atoms with Gasteiger partial charge in [-0.25, -0.2) is 8.42 Å². The number of hydrogen-bond acceptors (Lipinski definition) is 4. The van der Waals surface area contributed by atoms with E-state index in [0.29, 0.717) is 25.5 Å². The van der Waals surface area contributed by atoms with E-state index in [2.05, 4.69) is 0 Å². The standard InChI is InChI=1S/C17H19NO4S/c1-21-12-13-22-15-6-8-16(9-7-15)23(19,20)18-11-10-14-4-2-3-5-17(14)18/h2-9H,10-13H2,1H3. The monoisotopic (exact) mass is 333 g/mol. The second-order valence-electron chi connectivity index (χ2n) is 5.27. The van der Waals surface area contributed by atoms with Gasteiger partial charge in [0.1, 0.15) is 12.4 Å². The van der Waals surface area contributed by atoms with Crippen molar-refractivity contribution in [2.75, 3.05) is 31.2 Å². The maximum atomic E-state index is 12.8. The maximum Gasteiger partial charge on any atom is 0.264 e. The van der Waals surface area contributed by atoms with Gasteiger partial charge in [0.15, 0.2) is 0 Å². The van der Waals surface area contributed by atoms with Gasteiger partial charge in [0.25, 0.3) is 10.0 Å². The Morgan fingerprint density at radius 2 is 1.78 bits per heavy atom. The van der Waals surface area contributed by atoms with Crippen molar-refractivity contribution in [1.29, 1.82) is 0 Å². The van der Waals surface area contributed by atoms with Crippen molar-refractivity contribution in [3.8, 4) is 5.75 Å². The minimum absolute atomic E-state index is 0.272. The van der Waals surface area contributed by atoms with Crippen molar-refractivity contribution in [2.45, 2.75) is 11.3 Å². The highest BCUT2D eigenvalue weighted by Crippen LogP contribution is 2.32. The lowest BCUT2D eigenvalue weighted by molar-refractivity contribution is 0.146. The number of para-hydroxylation sites is 1. The Morgan fingerprint density at radius 3 is 2.52 bits per heavy atom.